The monoisotopic (exact) mass is 278 g/mol. The average Bonchev–Trinajstić information content (AvgIpc) is 2.47. The minimum atomic E-state index is -1.57. The Morgan fingerprint density at radius 3 is 1.85 bits per heavy atom. The topological polar surface area (TPSA) is 54.4 Å². The van der Waals surface area contributed by atoms with Crippen molar-refractivity contribution in [3.63, 3.8) is 0 Å². The molecular weight excluding hydrogens is 263 g/mol. The molecule has 0 bridgehead atoms. The third kappa shape index (κ3) is 3.01. The Bertz CT molecular complexity index is 601. The number of carboxylic acid groups (broad SMARTS) is 1. The van der Waals surface area contributed by atoms with Crippen LogP contribution in [0.3, 0.4) is 0 Å². The fourth-order valence-electron chi connectivity index (χ4n) is 2.00. The van der Waals surface area contributed by atoms with Crippen LogP contribution in [0, 0.1) is 0 Å². The molecule has 2 aromatic carbocycles. The van der Waals surface area contributed by atoms with Crippen LogP contribution in [0.4, 0.5) is 0 Å². The Morgan fingerprint density at radius 2 is 1.40 bits per heavy atom. The summed E-state index contributed by atoms with van der Waals surface area (Å²) in [6.45, 7) is 1.44. The van der Waals surface area contributed by atoms with Gasteiger partial charge in [-0.25, -0.2) is 0 Å². The van der Waals surface area contributed by atoms with Gasteiger partial charge in [0.2, 0.25) is 0 Å². The predicted molar refractivity (Wildman–Crippen MR) is 73.3 cm³/mol. The van der Waals surface area contributed by atoms with E-state index < -0.39 is 17.2 Å². The molecule has 0 heterocycles. The van der Waals surface area contributed by atoms with E-state index in [2.05, 4.69) is 0 Å². The number of aliphatic carboxylic acids is 1. The molecule has 0 aliphatic rings. The molecule has 1 N–H and O–H groups in total. The third-order valence-corrected chi connectivity index (χ3v) is 3.27. The minimum Gasteiger partial charge on any atom is -1.00 e. The van der Waals surface area contributed by atoms with Crippen molar-refractivity contribution in [1.29, 1.82) is 0 Å². The first-order chi connectivity index (χ1) is 9.06. The fraction of sp³-hybridized carbons (Fsp3) is 0.125. The molecule has 4 heteroatoms. The van der Waals surface area contributed by atoms with Crippen molar-refractivity contribution >= 4 is 11.8 Å². The van der Waals surface area contributed by atoms with E-state index in [-0.39, 0.29) is 31.0 Å². The van der Waals surface area contributed by atoms with Gasteiger partial charge in [-0.3, -0.25) is 9.59 Å². The zero-order valence-corrected chi connectivity index (χ0v) is 13.5. The molecule has 3 nitrogen and oxygen atoms in total. The second-order valence-corrected chi connectivity index (χ2v) is 4.49. The number of ketones is 1. The van der Waals surface area contributed by atoms with Gasteiger partial charge in [0.05, 0.1) is 0 Å². The molecule has 1 atom stereocenters. The first-order valence-electron chi connectivity index (χ1n) is 5.95. The molecule has 20 heavy (non-hydrogen) atoms. The molecule has 1 unspecified atom stereocenters. The van der Waals surface area contributed by atoms with E-state index in [4.69, 9.17) is 0 Å². The quantitative estimate of drug-likeness (QED) is 0.488. The Hall–Kier alpha value is -1.42. The van der Waals surface area contributed by atoms with Crippen LogP contribution in [-0.4, -0.2) is 16.9 Å². The summed E-state index contributed by atoms with van der Waals surface area (Å²) in [6.07, 6.45) is 0. The van der Waals surface area contributed by atoms with Crippen LogP contribution in [0.25, 0.3) is 0 Å². The molecular formula is C16H15NaO3. The van der Waals surface area contributed by atoms with Crippen LogP contribution < -0.4 is 29.6 Å². The van der Waals surface area contributed by atoms with Gasteiger partial charge in [-0.2, -0.15) is 0 Å². The number of carbonyl (C=O) groups excluding carboxylic acids is 1. The summed E-state index contributed by atoms with van der Waals surface area (Å²) >= 11 is 0. The summed E-state index contributed by atoms with van der Waals surface area (Å²) < 4.78 is 0. The van der Waals surface area contributed by atoms with E-state index in [1.54, 1.807) is 60.7 Å². The minimum absolute atomic E-state index is 0. The molecule has 0 spiro atoms. The summed E-state index contributed by atoms with van der Waals surface area (Å²) in [7, 11) is 0. The molecule has 0 aliphatic heterocycles. The Labute approximate surface area is 141 Å². The predicted octanol–water partition coefficient (Wildman–Crippen LogP) is 0.0283. The molecule has 0 amide bonds. The largest absolute Gasteiger partial charge is 1.00 e. The van der Waals surface area contributed by atoms with E-state index in [9.17, 15) is 14.7 Å². The van der Waals surface area contributed by atoms with E-state index in [0.29, 0.717) is 11.1 Å². The summed E-state index contributed by atoms with van der Waals surface area (Å²) in [6, 6.07) is 17.1. The van der Waals surface area contributed by atoms with Crippen LogP contribution in [0.2, 0.25) is 0 Å². The summed E-state index contributed by atoms with van der Waals surface area (Å²) in [5.41, 5.74) is -0.685. The van der Waals surface area contributed by atoms with Gasteiger partial charge in [-0.15, -0.1) is 0 Å². The first-order valence-corrected chi connectivity index (χ1v) is 5.95. The van der Waals surface area contributed by atoms with Gasteiger partial charge in [0, 0.05) is 5.56 Å². The van der Waals surface area contributed by atoms with Crippen LogP contribution in [0.5, 0.6) is 0 Å². The molecule has 0 radical (unpaired) electrons. The number of Topliss-reactive ketones (excluding diaryl/α,β-unsaturated/α-hetero) is 1. The Balaban J connectivity index is 0.00000200. The maximum absolute atomic E-state index is 12.5. The second kappa shape index (κ2) is 6.84. The van der Waals surface area contributed by atoms with Crippen molar-refractivity contribution in [2.45, 2.75) is 12.3 Å². The molecule has 0 saturated heterocycles. The molecule has 0 aliphatic carbocycles. The molecule has 0 aromatic heterocycles. The van der Waals surface area contributed by atoms with Crippen molar-refractivity contribution in [1.82, 2.24) is 0 Å². The van der Waals surface area contributed by atoms with Crippen molar-refractivity contribution in [2.75, 3.05) is 0 Å². The summed E-state index contributed by atoms with van der Waals surface area (Å²) in [5.74, 6) is -1.56. The van der Waals surface area contributed by atoms with Crippen LogP contribution in [-0.2, 0) is 10.2 Å². The Kier molecular flexibility index (Phi) is 5.69. The van der Waals surface area contributed by atoms with Crippen LogP contribution >= 0.6 is 0 Å². The zero-order chi connectivity index (χ0) is 13.9. The zero-order valence-electron chi connectivity index (χ0n) is 12.5. The van der Waals surface area contributed by atoms with Crippen LogP contribution in [0.1, 0.15) is 24.3 Å². The normalized spacial score (nSPS) is 12.8. The summed E-state index contributed by atoms with van der Waals surface area (Å²) in [5, 5.41) is 9.50. The second-order valence-electron chi connectivity index (χ2n) is 4.49. The fourth-order valence-corrected chi connectivity index (χ4v) is 2.00. The van der Waals surface area contributed by atoms with Crippen molar-refractivity contribution < 1.29 is 45.7 Å². The molecule has 2 rings (SSSR count). The Morgan fingerprint density at radius 1 is 0.950 bits per heavy atom. The van der Waals surface area contributed by atoms with Gasteiger partial charge in [0.1, 0.15) is 0 Å². The number of hydrogen-bond donors (Lipinski definition) is 1. The van der Waals surface area contributed by atoms with E-state index in [0.717, 1.165) is 0 Å². The first kappa shape index (κ1) is 16.6. The average molecular weight is 278 g/mol. The van der Waals surface area contributed by atoms with Crippen molar-refractivity contribution in [3.8, 4) is 0 Å². The molecule has 98 valence electrons. The summed E-state index contributed by atoms with van der Waals surface area (Å²) in [4.78, 5) is 24.1. The maximum Gasteiger partial charge on any atom is 1.00 e. The van der Waals surface area contributed by atoms with Crippen LogP contribution in [0.15, 0.2) is 60.7 Å². The third-order valence-electron chi connectivity index (χ3n) is 3.27. The van der Waals surface area contributed by atoms with Crippen molar-refractivity contribution in [2.24, 2.45) is 0 Å². The molecule has 0 fully saturated rings. The molecule has 0 saturated carbocycles. The standard InChI is InChI=1S/C16H14O3.Na.H/c1-16(15(18)19,13-10-6-3-7-11-13)14(17)12-8-4-2-5-9-12;;/h2-11H,1H3,(H,18,19);;/q;+1;-1. The van der Waals surface area contributed by atoms with Gasteiger partial charge in [-0.05, 0) is 12.5 Å². The van der Waals surface area contributed by atoms with Gasteiger partial charge < -0.3 is 6.53 Å². The smallest absolute Gasteiger partial charge is 1.00 e. The molecule has 2 aromatic rings. The van der Waals surface area contributed by atoms with Crippen molar-refractivity contribution in [3.05, 3.63) is 71.8 Å². The number of benzene rings is 2. The van der Waals surface area contributed by atoms with E-state index in [1.165, 1.54) is 6.92 Å². The number of rotatable bonds is 4. The van der Waals surface area contributed by atoms with Gasteiger partial charge in [0.15, 0.2) is 11.2 Å². The number of carboxylic acids is 1. The number of carbonyl (C=O) groups is 2. The number of hydrogen-bond acceptors (Lipinski definition) is 2. The van der Waals surface area contributed by atoms with Gasteiger partial charge in [0.25, 0.3) is 0 Å². The van der Waals surface area contributed by atoms with E-state index in [1.807, 2.05) is 0 Å². The van der Waals surface area contributed by atoms with Gasteiger partial charge >= 0.3 is 35.5 Å². The maximum atomic E-state index is 12.5. The SMILES string of the molecule is CC(C(=O)O)(C(=O)c1ccccc1)c1ccccc1.[H-].[Na+]. The van der Waals surface area contributed by atoms with Gasteiger partial charge in [-0.1, -0.05) is 60.7 Å². The van der Waals surface area contributed by atoms with E-state index >= 15 is 0 Å².